The highest BCUT2D eigenvalue weighted by Gasteiger charge is 2.33. The first-order valence-corrected chi connectivity index (χ1v) is 8.94. The SMILES string of the molecule is Cc1ncccc1C(=O)N1CC(n2cc(COCc3ccccc3)nn2)C1. The average molecular weight is 363 g/mol. The molecule has 1 aliphatic heterocycles. The third-order valence-corrected chi connectivity index (χ3v) is 4.68. The first kappa shape index (κ1) is 17.4. The molecule has 7 heteroatoms. The summed E-state index contributed by atoms with van der Waals surface area (Å²) in [5, 5.41) is 8.35. The van der Waals surface area contributed by atoms with Crippen molar-refractivity contribution in [2.75, 3.05) is 13.1 Å². The van der Waals surface area contributed by atoms with Crippen LogP contribution in [-0.2, 0) is 18.0 Å². The van der Waals surface area contributed by atoms with Gasteiger partial charge in [0.1, 0.15) is 5.69 Å². The Kier molecular flexibility index (Phi) is 4.93. The van der Waals surface area contributed by atoms with Gasteiger partial charge in [-0.05, 0) is 24.6 Å². The molecule has 0 unspecified atom stereocenters. The zero-order valence-corrected chi connectivity index (χ0v) is 15.2. The molecule has 1 saturated heterocycles. The summed E-state index contributed by atoms with van der Waals surface area (Å²) in [6.07, 6.45) is 3.59. The number of carbonyl (C=O) groups is 1. The molecule has 0 spiro atoms. The summed E-state index contributed by atoms with van der Waals surface area (Å²) in [4.78, 5) is 18.5. The van der Waals surface area contributed by atoms with Crippen molar-refractivity contribution in [2.24, 2.45) is 0 Å². The van der Waals surface area contributed by atoms with Crippen LogP contribution in [0.15, 0.2) is 54.9 Å². The van der Waals surface area contributed by atoms with Gasteiger partial charge in [-0.1, -0.05) is 35.5 Å². The van der Waals surface area contributed by atoms with E-state index in [1.807, 2.05) is 59.1 Å². The molecule has 27 heavy (non-hydrogen) atoms. The smallest absolute Gasteiger partial charge is 0.255 e. The Hall–Kier alpha value is -3.06. The number of carbonyl (C=O) groups excluding carboxylic acids is 1. The summed E-state index contributed by atoms with van der Waals surface area (Å²) < 4.78 is 7.51. The molecule has 2 aromatic heterocycles. The number of hydrogen-bond donors (Lipinski definition) is 0. The lowest BCUT2D eigenvalue weighted by Gasteiger charge is -2.39. The Morgan fingerprint density at radius 2 is 1.96 bits per heavy atom. The minimum atomic E-state index is 0.0170. The van der Waals surface area contributed by atoms with Gasteiger partial charge in [0.15, 0.2) is 0 Å². The highest BCUT2D eigenvalue weighted by atomic mass is 16.5. The molecule has 0 saturated carbocycles. The Bertz CT molecular complexity index is 919. The molecule has 0 radical (unpaired) electrons. The van der Waals surface area contributed by atoms with E-state index in [-0.39, 0.29) is 11.9 Å². The largest absolute Gasteiger partial charge is 0.370 e. The van der Waals surface area contributed by atoms with Crippen LogP contribution in [0.25, 0.3) is 0 Å². The maximum Gasteiger partial charge on any atom is 0.255 e. The zero-order valence-electron chi connectivity index (χ0n) is 15.2. The fourth-order valence-corrected chi connectivity index (χ4v) is 3.07. The molecule has 1 amide bonds. The summed E-state index contributed by atoms with van der Waals surface area (Å²) in [5.41, 5.74) is 3.33. The number of likely N-dealkylation sites (tertiary alicyclic amines) is 1. The summed E-state index contributed by atoms with van der Waals surface area (Å²) in [7, 11) is 0. The summed E-state index contributed by atoms with van der Waals surface area (Å²) >= 11 is 0. The number of benzene rings is 1. The van der Waals surface area contributed by atoms with Crippen LogP contribution in [0.2, 0.25) is 0 Å². The summed E-state index contributed by atoms with van der Waals surface area (Å²) in [5.74, 6) is 0.0170. The lowest BCUT2D eigenvalue weighted by molar-refractivity contribution is 0.0497. The minimum absolute atomic E-state index is 0.0170. The van der Waals surface area contributed by atoms with Crippen molar-refractivity contribution in [1.82, 2.24) is 24.9 Å². The van der Waals surface area contributed by atoms with Gasteiger partial charge in [0.25, 0.3) is 5.91 Å². The van der Waals surface area contributed by atoms with Crippen molar-refractivity contribution in [1.29, 1.82) is 0 Å². The first-order valence-electron chi connectivity index (χ1n) is 8.94. The monoisotopic (exact) mass is 363 g/mol. The van der Waals surface area contributed by atoms with E-state index in [0.717, 1.165) is 17.0 Å². The van der Waals surface area contributed by atoms with Crippen LogP contribution in [-0.4, -0.2) is 43.9 Å². The molecule has 3 heterocycles. The number of hydrogen-bond acceptors (Lipinski definition) is 5. The van der Waals surface area contributed by atoms with Gasteiger partial charge in [0, 0.05) is 25.0 Å². The molecule has 3 aromatic rings. The second-order valence-corrected chi connectivity index (χ2v) is 6.67. The molecule has 138 valence electrons. The molecule has 0 atom stereocenters. The van der Waals surface area contributed by atoms with Crippen molar-refractivity contribution < 1.29 is 9.53 Å². The maximum absolute atomic E-state index is 12.5. The number of rotatable bonds is 6. The maximum atomic E-state index is 12.5. The second kappa shape index (κ2) is 7.67. The fourth-order valence-electron chi connectivity index (χ4n) is 3.07. The number of aromatic nitrogens is 4. The average Bonchev–Trinajstić information content (AvgIpc) is 3.10. The van der Waals surface area contributed by atoms with Crippen molar-refractivity contribution in [2.45, 2.75) is 26.2 Å². The summed E-state index contributed by atoms with van der Waals surface area (Å²) in [6, 6.07) is 13.8. The van der Waals surface area contributed by atoms with Crippen molar-refractivity contribution in [3.63, 3.8) is 0 Å². The Labute approximate surface area is 157 Å². The van der Waals surface area contributed by atoms with Gasteiger partial charge in [-0.2, -0.15) is 0 Å². The van der Waals surface area contributed by atoms with E-state index in [2.05, 4.69) is 15.3 Å². The van der Waals surface area contributed by atoms with E-state index >= 15 is 0 Å². The van der Waals surface area contributed by atoms with Crippen LogP contribution >= 0.6 is 0 Å². The molecule has 0 N–H and O–H groups in total. The third-order valence-electron chi connectivity index (χ3n) is 4.68. The lowest BCUT2D eigenvalue weighted by atomic mass is 10.1. The molecule has 0 aliphatic carbocycles. The molecule has 1 aromatic carbocycles. The van der Waals surface area contributed by atoms with Gasteiger partial charge < -0.3 is 9.64 Å². The van der Waals surface area contributed by atoms with Gasteiger partial charge in [0.05, 0.1) is 31.0 Å². The molecule has 1 aliphatic rings. The normalized spacial score (nSPS) is 14.2. The lowest BCUT2D eigenvalue weighted by Crippen LogP contribution is -2.51. The van der Waals surface area contributed by atoms with Crippen LogP contribution in [0.3, 0.4) is 0 Å². The number of ether oxygens (including phenoxy) is 1. The van der Waals surface area contributed by atoms with Crippen LogP contribution in [0.4, 0.5) is 0 Å². The van der Waals surface area contributed by atoms with Gasteiger partial charge in [-0.25, -0.2) is 4.68 Å². The van der Waals surface area contributed by atoms with Crippen molar-refractivity contribution in [3.05, 3.63) is 77.4 Å². The topological polar surface area (TPSA) is 73.1 Å². The zero-order chi connectivity index (χ0) is 18.6. The van der Waals surface area contributed by atoms with Crippen LogP contribution in [0.1, 0.15) is 33.4 Å². The van der Waals surface area contributed by atoms with Crippen molar-refractivity contribution in [3.8, 4) is 0 Å². The number of nitrogens with zero attached hydrogens (tertiary/aromatic N) is 5. The summed E-state index contributed by atoms with van der Waals surface area (Å²) in [6.45, 7) is 4.06. The molecule has 1 fully saturated rings. The van der Waals surface area contributed by atoms with Crippen molar-refractivity contribution >= 4 is 5.91 Å². The van der Waals surface area contributed by atoms with Gasteiger partial charge in [-0.3, -0.25) is 9.78 Å². The second-order valence-electron chi connectivity index (χ2n) is 6.67. The van der Waals surface area contributed by atoms with E-state index in [1.54, 1.807) is 12.3 Å². The molecular weight excluding hydrogens is 342 g/mol. The van der Waals surface area contributed by atoms with Gasteiger partial charge in [-0.15, -0.1) is 5.10 Å². The third kappa shape index (κ3) is 3.88. The van der Waals surface area contributed by atoms with E-state index in [9.17, 15) is 4.79 Å². The number of pyridine rings is 1. The van der Waals surface area contributed by atoms with Gasteiger partial charge >= 0.3 is 0 Å². The molecule has 0 bridgehead atoms. The van der Waals surface area contributed by atoms with E-state index < -0.39 is 0 Å². The molecular formula is C20H21N5O2. The van der Waals surface area contributed by atoms with E-state index in [1.165, 1.54) is 0 Å². The Balaban J connectivity index is 1.28. The number of amides is 1. The predicted molar refractivity (Wildman–Crippen MR) is 98.9 cm³/mol. The fraction of sp³-hybridized carbons (Fsp3) is 0.300. The van der Waals surface area contributed by atoms with Crippen LogP contribution < -0.4 is 0 Å². The number of aryl methyl sites for hydroxylation is 1. The van der Waals surface area contributed by atoms with Crippen LogP contribution in [0, 0.1) is 6.92 Å². The quantitative estimate of drug-likeness (QED) is 0.672. The van der Waals surface area contributed by atoms with Gasteiger partial charge in [0.2, 0.25) is 0 Å². The minimum Gasteiger partial charge on any atom is -0.370 e. The standard InChI is InChI=1S/C20H21N5O2/c1-15-19(8-5-9-21-15)20(26)24-11-18(12-24)25-10-17(22-23-25)14-27-13-16-6-3-2-4-7-16/h2-10,18H,11-14H2,1H3. The highest BCUT2D eigenvalue weighted by molar-refractivity contribution is 5.95. The highest BCUT2D eigenvalue weighted by Crippen LogP contribution is 2.23. The van der Waals surface area contributed by atoms with E-state index in [0.29, 0.717) is 31.9 Å². The van der Waals surface area contributed by atoms with Crippen LogP contribution in [0.5, 0.6) is 0 Å². The molecule has 7 nitrogen and oxygen atoms in total. The molecule has 4 rings (SSSR count). The predicted octanol–water partition coefficient (Wildman–Crippen LogP) is 2.40. The first-order chi connectivity index (χ1) is 13.2. The van der Waals surface area contributed by atoms with E-state index in [4.69, 9.17) is 4.74 Å². The Morgan fingerprint density at radius 1 is 1.15 bits per heavy atom. The Morgan fingerprint density at radius 3 is 2.74 bits per heavy atom.